The molecule has 1 amide bonds. The third-order valence-electron chi connectivity index (χ3n) is 2.52. The number of carbonyl (C=O) groups excluding carboxylic acids is 1. The van der Waals surface area contributed by atoms with Gasteiger partial charge in [-0.2, -0.15) is 0 Å². The first-order valence-corrected chi connectivity index (χ1v) is 7.71. The van der Waals surface area contributed by atoms with Crippen molar-refractivity contribution >= 4 is 54.8 Å². The molecule has 0 spiro atoms. The average molecular weight is 389 g/mol. The molecule has 0 aliphatic rings. The van der Waals surface area contributed by atoms with Crippen molar-refractivity contribution in [3.63, 3.8) is 0 Å². The zero-order valence-corrected chi connectivity index (χ0v) is 13.9. The molecule has 1 aromatic carbocycles. The molecule has 2 aromatic rings. The SMILES string of the molecule is Cc1cc(C(=O)Nc2cccc(C)c2Br)sc1Br. The van der Waals surface area contributed by atoms with Gasteiger partial charge in [0.2, 0.25) is 0 Å². The predicted octanol–water partition coefficient (Wildman–Crippen LogP) is 5.14. The van der Waals surface area contributed by atoms with Gasteiger partial charge in [0.25, 0.3) is 5.91 Å². The maximum Gasteiger partial charge on any atom is 0.265 e. The van der Waals surface area contributed by atoms with Crippen LogP contribution in [-0.2, 0) is 0 Å². The van der Waals surface area contributed by atoms with E-state index in [0.29, 0.717) is 4.88 Å². The molecule has 2 rings (SSSR count). The first-order valence-electron chi connectivity index (χ1n) is 5.31. The lowest BCUT2D eigenvalue weighted by Gasteiger charge is -2.07. The van der Waals surface area contributed by atoms with Gasteiger partial charge in [0.1, 0.15) is 0 Å². The molecule has 0 bridgehead atoms. The molecule has 1 aromatic heterocycles. The van der Waals surface area contributed by atoms with Gasteiger partial charge in [-0.3, -0.25) is 4.79 Å². The summed E-state index contributed by atoms with van der Waals surface area (Å²) < 4.78 is 1.92. The molecule has 0 unspecified atom stereocenters. The molecule has 0 radical (unpaired) electrons. The highest BCUT2D eigenvalue weighted by atomic mass is 79.9. The summed E-state index contributed by atoms with van der Waals surface area (Å²) in [4.78, 5) is 12.8. The summed E-state index contributed by atoms with van der Waals surface area (Å²) in [6, 6.07) is 7.68. The van der Waals surface area contributed by atoms with Crippen LogP contribution in [0.25, 0.3) is 0 Å². The average Bonchev–Trinajstić information content (AvgIpc) is 2.66. The van der Waals surface area contributed by atoms with Crippen LogP contribution in [0, 0.1) is 13.8 Å². The molecule has 0 fully saturated rings. The highest BCUT2D eigenvalue weighted by Gasteiger charge is 2.13. The van der Waals surface area contributed by atoms with E-state index in [9.17, 15) is 4.79 Å². The first-order chi connectivity index (χ1) is 8.49. The second-order valence-electron chi connectivity index (χ2n) is 3.96. The lowest BCUT2D eigenvalue weighted by atomic mass is 10.2. The Morgan fingerprint density at radius 3 is 2.56 bits per heavy atom. The molecule has 0 aliphatic carbocycles. The van der Waals surface area contributed by atoms with Crippen molar-refractivity contribution in [1.29, 1.82) is 0 Å². The molecule has 5 heteroatoms. The summed E-state index contributed by atoms with van der Waals surface area (Å²) in [6.45, 7) is 3.96. The monoisotopic (exact) mass is 387 g/mol. The van der Waals surface area contributed by atoms with Crippen LogP contribution < -0.4 is 5.32 Å². The lowest BCUT2D eigenvalue weighted by Crippen LogP contribution is -2.10. The molecule has 18 heavy (non-hydrogen) atoms. The summed E-state index contributed by atoms with van der Waals surface area (Å²) in [7, 11) is 0. The molecule has 0 atom stereocenters. The Labute approximate surface area is 127 Å². The van der Waals surface area contributed by atoms with Gasteiger partial charge in [-0.1, -0.05) is 12.1 Å². The predicted molar refractivity (Wildman–Crippen MR) is 83.6 cm³/mol. The molecule has 1 N–H and O–H groups in total. The number of carbonyl (C=O) groups is 1. The molecular formula is C13H11Br2NOS. The largest absolute Gasteiger partial charge is 0.320 e. The normalized spacial score (nSPS) is 10.4. The molecule has 1 heterocycles. The highest BCUT2D eigenvalue weighted by Crippen LogP contribution is 2.30. The molecule has 0 saturated heterocycles. The van der Waals surface area contributed by atoms with E-state index >= 15 is 0 Å². The van der Waals surface area contributed by atoms with Crippen molar-refractivity contribution in [1.82, 2.24) is 0 Å². The highest BCUT2D eigenvalue weighted by molar-refractivity contribution is 9.11. The second-order valence-corrected chi connectivity index (χ2v) is 7.12. The summed E-state index contributed by atoms with van der Waals surface area (Å²) in [6.07, 6.45) is 0. The van der Waals surface area contributed by atoms with Gasteiger partial charge >= 0.3 is 0 Å². The smallest absolute Gasteiger partial charge is 0.265 e. The van der Waals surface area contributed by atoms with Gasteiger partial charge in [-0.25, -0.2) is 0 Å². The number of rotatable bonds is 2. The number of anilines is 1. The molecular weight excluding hydrogens is 378 g/mol. The third-order valence-corrected chi connectivity index (χ3v) is 5.71. The number of aryl methyl sites for hydroxylation is 2. The number of benzene rings is 1. The van der Waals surface area contributed by atoms with Crippen LogP contribution >= 0.6 is 43.2 Å². The van der Waals surface area contributed by atoms with E-state index in [0.717, 1.165) is 25.1 Å². The molecule has 2 nitrogen and oxygen atoms in total. The third kappa shape index (κ3) is 2.84. The zero-order chi connectivity index (χ0) is 13.3. The van der Waals surface area contributed by atoms with Gasteiger partial charge in [0, 0.05) is 4.47 Å². The fourth-order valence-electron chi connectivity index (χ4n) is 1.50. The molecule has 0 saturated carbocycles. The second kappa shape index (κ2) is 5.55. The Kier molecular flexibility index (Phi) is 4.25. The quantitative estimate of drug-likeness (QED) is 0.757. The fourth-order valence-corrected chi connectivity index (χ4v) is 3.29. The number of thiophene rings is 1. The maximum atomic E-state index is 12.1. The van der Waals surface area contributed by atoms with E-state index < -0.39 is 0 Å². The zero-order valence-electron chi connectivity index (χ0n) is 9.88. The van der Waals surface area contributed by atoms with Crippen LogP contribution in [0.5, 0.6) is 0 Å². The van der Waals surface area contributed by atoms with Gasteiger partial charge < -0.3 is 5.32 Å². The molecule has 0 aliphatic heterocycles. The summed E-state index contributed by atoms with van der Waals surface area (Å²) in [5.74, 6) is -0.0832. The number of nitrogens with one attached hydrogen (secondary N) is 1. The fraction of sp³-hybridized carbons (Fsp3) is 0.154. The summed E-state index contributed by atoms with van der Waals surface area (Å²) in [5.41, 5.74) is 2.96. The number of hydrogen-bond acceptors (Lipinski definition) is 2. The van der Waals surface area contributed by atoms with Crippen LogP contribution in [-0.4, -0.2) is 5.91 Å². The summed E-state index contributed by atoms with van der Waals surface area (Å²) >= 11 is 8.35. The Hall–Kier alpha value is -0.650. The molecule has 94 valence electrons. The van der Waals surface area contributed by atoms with E-state index in [1.54, 1.807) is 0 Å². The van der Waals surface area contributed by atoms with Crippen molar-refractivity contribution in [2.45, 2.75) is 13.8 Å². The van der Waals surface area contributed by atoms with Gasteiger partial charge in [0.05, 0.1) is 14.4 Å². The van der Waals surface area contributed by atoms with E-state index in [-0.39, 0.29) is 5.91 Å². The van der Waals surface area contributed by atoms with Gasteiger partial charge in [-0.15, -0.1) is 11.3 Å². The van der Waals surface area contributed by atoms with Crippen molar-refractivity contribution in [3.8, 4) is 0 Å². The number of amides is 1. The van der Waals surface area contributed by atoms with E-state index in [1.165, 1.54) is 11.3 Å². The Bertz CT molecular complexity index is 588. The van der Waals surface area contributed by atoms with Crippen molar-refractivity contribution < 1.29 is 4.79 Å². The topological polar surface area (TPSA) is 29.1 Å². The van der Waals surface area contributed by atoms with Crippen LogP contribution in [0.3, 0.4) is 0 Å². The van der Waals surface area contributed by atoms with E-state index in [1.807, 2.05) is 38.1 Å². The minimum absolute atomic E-state index is 0.0832. The van der Waals surface area contributed by atoms with Crippen molar-refractivity contribution in [2.75, 3.05) is 5.32 Å². The van der Waals surface area contributed by atoms with Crippen LogP contribution in [0.15, 0.2) is 32.5 Å². The number of hydrogen-bond donors (Lipinski definition) is 1. The minimum atomic E-state index is -0.0832. The Balaban J connectivity index is 2.24. The van der Waals surface area contributed by atoms with Crippen LogP contribution in [0.2, 0.25) is 0 Å². The van der Waals surface area contributed by atoms with Gasteiger partial charge in [0.15, 0.2) is 0 Å². The van der Waals surface area contributed by atoms with Gasteiger partial charge in [-0.05, 0) is 69.0 Å². The van der Waals surface area contributed by atoms with Crippen molar-refractivity contribution in [2.24, 2.45) is 0 Å². The maximum absolute atomic E-state index is 12.1. The van der Waals surface area contributed by atoms with E-state index in [4.69, 9.17) is 0 Å². The Morgan fingerprint density at radius 1 is 1.22 bits per heavy atom. The Morgan fingerprint density at radius 2 is 1.94 bits per heavy atom. The summed E-state index contributed by atoms with van der Waals surface area (Å²) in [5, 5.41) is 2.91. The number of halogens is 2. The van der Waals surface area contributed by atoms with E-state index in [2.05, 4.69) is 37.2 Å². The lowest BCUT2D eigenvalue weighted by molar-refractivity contribution is 0.103. The van der Waals surface area contributed by atoms with Crippen LogP contribution in [0.1, 0.15) is 20.8 Å². The minimum Gasteiger partial charge on any atom is -0.320 e. The first kappa shape index (κ1) is 13.8. The van der Waals surface area contributed by atoms with Crippen LogP contribution in [0.4, 0.5) is 5.69 Å². The standard InChI is InChI=1S/C13H11Br2NOS/c1-7-4-3-5-9(11(7)14)16-13(17)10-6-8(2)12(15)18-10/h3-6H,1-2H3,(H,16,17). The van der Waals surface area contributed by atoms with Crippen molar-refractivity contribution in [3.05, 3.63) is 48.5 Å².